The van der Waals surface area contributed by atoms with Crippen LogP contribution in [0.5, 0.6) is 0 Å². The highest BCUT2D eigenvalue weighted by atomic mass is 32.2. The van der Waals surface area contributed by atoms with Crippen LogP contribution < -0.4 is 0 Å². The Morgan fingerprint density at radius 2 is 1.81 bits per heavy atom. The second-order valence-electron chi connectivity index (χ2n) is 11.0. The molecule has 0 radical (unpaired) electrons. The molecule has 200 valence electrons. The van der Waals surface area contributed by atoms with Crippen LogP contribution in [0.4, 0.5) is 0 Å². The quantitative estimate of drug-likeness (QED) is 0.475. The van der Waals surface area contributed by atoms with Crippen molar-refractivity contribution in [2.24, 2.45) is 11.8 Å². The zero-order valence-corrected chi connectivity index (χ0v) is 23.1. The normalized spacial score (nSPS) is 30.8. The van der Waals surface area contributed by atoms with Crippen LogP contribution in [-0.4, -0.2) is 85.8 Å². The summed E-state index contributed by atoms with van der Waals surface area (Å²) in [4.78, 5) is 47.7. The molecule has 3 aliphatic rings. The highest BCUT2D eigenvalue weighted by Crippen LogP contribution is 2.72. The van der Waals surface area contributed by atoms with Gasteiger partial charge in [-0.15, -0.1) is 24.9 Å². The maximum atomic E-state index is 14.5. The summed E-state index contributed by atoms with van der Waals surface area (Å²) in [5.41, 5.74) is 0.768. The number of hydrogen-bond donors (Lipinski definition) is 1. The molecule has 3 amide bonds. The van der Waals surface area contributed by atoms with Gasteiger partial charge in [-0.3, -0.25) is 14.4 Å². The summed E-state index contributed by atoms with van der Waals surface area (Å²) >= 11 is 1.65. The lowest BCUT2D eigenvalue weighted by atomic mass is 9.66. The molecule has 1 aromatic rings. The van der Waals surface area contributed by atoms with Gasteiger partial charge in [0.2, 0.25) is 17.7 Å². The van der Waals surface area contributed by atoms with E-state index in [0.29, 0.717) is 19.5 Å². The second kappa shape index (κ2) is 10.3. The molecule has 7 nitrogen and oxygen atoms in total. The van der Waals surface area contributed by atoms with Crippen molar-refractivity contribution in [1.82, 2.24) is 14.7 Å². The Bertz CT molecular complexity index is 1080. The van der Waals surface area contributed by atoms with Gasteiger partial charge in [0, 0.05) is 30.9 Å². The second-order valence-corrected chi connectivity index (χ2v) is 12.9. The van der Waals surface area contributed by atoms with Gasteiger partial charge in [-0.2, -0.15) is 0 Å². The number of hydrogen-bond acceptors (Lipinski definition) is 5. The monoisotopic (exact) mass is 525 g/mol. The third kappa shape index (κ3) is 4.22. The van der Waals surface area contributed by atoms with Gasteiger partial charge in [-0.1, -0.05) is 42.5 Å². The van der Waals surface area contributed by atoms with Crippen molar-refractivity contribution in [3.63, 3.8) is 0 Å². The maximum absolute atomic E-state index is 14.5. The van der Waals surface area contributed by atoms with Gasteiger partial charge in [0.1, 0.15) is 6.04 Å². The number of aliphatic hydroxyl groups excluding tert-OH is 1. The molecule has 2 unspecified atom stereocenters. The number of fused-ring (bicyclic) bond motifs is 1. The van der Waals surface area contributed by atoms with Crippen LogP contribution in [-0.2, 0) is 14.4 Å². The summed E-state index contributed by atoms with van der Waals surface area (Å²) in [5, 5.41) is 10.6. The van der Waals surface area contributed by atoms with E-state index in [0.717, 1.165) is 12.0 Å². The standard InChI is InChI=1S/C29H39N3O4S/c1-7-16-30(6)25(34)22-23-26(35)32(21(18-33)20-12-10-9-11-13-20)24(27(36)31(17-8-2)19(3)4)29(23)15-14-28(22,5)37-29/h7-13,19,21-24,33H,1-2,14-18H2,3-6H3/t21-,22-,23+,24?,28+,29?/m1/s1. The summed E-state index contributed by atoms with van der Waals surface area (Å²) < 4.78 is -1.19. The predicted molar refractivity (Wildman–Crippen MR) is 147 cm³/mol. The van der Waals surface area contributed by atoms with Crippen molar-refractivity contribution < 1.29 is 19.5 Å². The average molecular weight is 526 g/mol. The number of amides is 3. The molecule has 1 spiro atoms. The third-order valence-electron chi connectivity index (χ3n) is 8.42. The molecule has 4 rings (SSSR count). The van der Waals surface area contributed by atoms with E-state index in [1.807, 2.05) is 44.2 Å². The summed E-state index contributed by atoms with van der Waals surface area (Å²) in [6.07, 6.45) is 4.79. The average Bonchev–Trinajstić information content (AvgIpc) is 3.44. The Labute approximate surface area is 224 Å². The number of benzene rings is 1. The number of nitrogens with zero attached hydrogens (tertiary/aromatic N) is 3. The van der Waals surface area contributed by atoms with E-state index in [1.165, 1.54) is 0 Å². The first kappa shape index (κ1) is 27.5. The Balaban J connectivity index is 1.88. The molecular weight excluding hydrogens is 486 g/mol. The Morgan fingerprint density at radius 1 is 1.16 bits per heavy atom. The minimum absolute atomic E-state index is 0.0880. The van der Waals surface area contributed by atoms with Crippen molar-refractivity contribution >= 4 is 29.5 Å². The molecule has 3 saturated heterocycles. The SMILES string of the molecule is C=CCN(C)C(=O)[C@H]1[C@H]2C(=O)N([C@H](CO)c3ccccc3)C(C(=O)N(CC=C)C(C)C)C23CC[C@]1(C)S3. The number of carbonyl (C=O) groups is 3. The van der Waals surface area contributed by atoms with Gasteiger partial charge in [0.25, 0.3) is 0 Å². The lowest BCUT2D eigenvalue weighted by Gasteiger charge is -2.40. The number of thioether (sulfide) groups is 1. The van der Waals surface area contributed by atoms with Crippen LogP contribution in [0.3, 0.4) is 0 Å². The largest absolute Gasteiger partial charge is 0.394 e. The Morgan fingerprint density at radius 3 is 2.38 bits per heavy atom. The molecule has 6 atom stereocenters. The third-order valence-corrected chi connectivity index (χ3v) is 10.4. The van der Waals surface area contributed by atoms with Gasteiger partial charge >= 0.3 is 0 Å². The molecule has 37 heavy (non-hydrogen) atoms. The molecule has 3 aliphatic heterocycles. The molecule has 0 aromatic heterocycles. The first-order chi connectivity index (χ1) is 17.6. The van der Waals surface area contributed by atoms with E-state index in [4.69, 9.17) is 0 Å². The number of rotatable bonds is 10. The molecule has 1 aromatic carbocycles. The first-order valence-electron chi connectivity index (χ1n) is 13.0. The number of carbonyl (C=O) groups excluding carboxylic acids is 3. The molecule has 3 fully saturated rings. The maximum Gasteiger partial charge on any atom is 0.247 e. The van der Waals surface area contributed by atoms with Crippen molar-refractivity contribution in [2.75, 3.05) is 26.7 Å². The molecule has 0 saturated carbocycles. The van der Waals surface area contributed by atoms with E-state index in [1.54, 1.807) is 45.7 Å². The van der Waals surface area contributed by atoms with Crippen molar-refractivity contribution in [3.05, 3.63) is 61.2 Å². The summed E-state index contributed by atoms with van der Waals surface area (Å²) in [6, 6.07) is 7.78. The van der Waals surface area contributed by atoms with Crippen LogP contribution in [0, 0.1) is 11.8 Å². The van der Waals surface area contributed by atoms with Gasteiger partial charge in [-0.25, -0.2) is 0 Å². The molecule has 1 N–H and O–H groups in total. The Hall–Kier alpha value is -2.58. The van der Waals surface area contributed by atoms with Gasteiger partial charge in [-0.05, 0) is 39.2 Å². The fourth-order valence-corrected chi connectivity index (χ4v) is 9.09. The fourth-order valence-electron chi connectivity index (χ4n) is 6.76. The van der Waals surface area contributed by atoms with Gasteiger partial charge in [0.15, 0.2) is 0 Å². The van der Waals surface area contributed by atoms with Crippen molar-refractivity contribution in [2.45, 2.75) is 61.2 Å². The number of aliphatic hydroxyl groups is 1. The van der Waals surface area contributed by atoms with Crippen LogP contribution >= 0.6 is 11.8 Å². The first-order valence-corrected chi connectivity index (χ1v) is 13.8. The van der Waals surface area contributed by atoms with Crippen LogP contribution in [0.15, 0.2) is 55.6 Å². The van der Waals surface area contributed by atoms with E-state index < -0.39 is 33.4 Å². The van der Waals surface area contributed by atoms with Crippen LogP contribution in [0.25, 0.3) is 0 Å². The predicted octanol–water partition coefficient (Wildman–Crippen LogP) is 3.27. The molecule has 3 heterocycles. The van der Waals surface area contributed by atoms with Gasteiger partial charge in [0.05, 0.1) is 29.2 Å². The smallest absolute Gasteiger partial charge is 0.247 e. The molecule has 0 aliphatic carbocycles. The van der Waals surface area contributed by atoms with Crippen molar-refractivity contribution in [3.8, 4) is 0 Å². The van der Waals surface area contributed by atoms with Gasteiger partial charge < -0.3 is 19.8 Å². The van der Waals surface area contributed by atoms with E-state index in [9.17, 15) is 19.5 Å². The highest BCUT2D eigenvalue weighted by Gasteiger charge is 2.78. The van der Waals surface area contributed by atoms with E-state index in [2.05, 4.69) is 20.1 Å². The van der Waals surface area contributed by atoms with E-state index in [-0.39, 0.29) is 30.4 Å². The molecule has 2 bridgehead atoms. The number of likely N-dealkylation sites (N-methyl/N-ethyl adjacent to an activating group) is 1. The summed E-state index contributed by atoms with van der Waals surface area (Å²) in [7, 11) is 1.74. The number of likely N-dealkylation sites (tertiary alicyclic amines) is 1. The summed E-state index contributed by atoms with van der Waals surface area (Å²) in [5.74, 6) is -1.64. The minimum Gasteiger partial charge on any atom is -0.394 e. The summed E-state index contributed by atoms with van der Waals surface area (Å²) in [6.45, 7) is 14.0. The topological polar surface area (TPSA) is 81.2 Å². The lowest BCUT2D eigenvalue weighted by Crippen LogP contribution is -2.57. The minimum atomic E-state index is -0.793. The lowest BCUT2D eigenvalue weighted by molar-refractivity contribution is -0.148. The zero-order chi connectivity index (χ0) is 27.1. The molecular formula is C29H39N3O4S. The van der Waals surface area contributed by atoms with E-state index >= 15 is 0 Å². The fraction of sp³-hybridized carbons (Fsp3) is 0.552. The Kier molecular flexibility index (Phi) is 7.64. The zero-order valence-electron chi connectivity index (χ0n) is 22.3. The molecule has 8 heteroatoms. The van der Waals surface area contributed by atoms with Crippen LogP contribution in [0.1, 0.15) is 45.2 Å². The highest BCUT2D eigenvalue weighted by molar-refractivity contribution is 8.02. The van der Waals surface area contributed by atoms with Crippen LogP contribution in [0.2, 0.25) is 0 Å². The van der Waals surface area contributed by atoms with Crippen molar-refractivity contribution in [1.29, 1.82) is 0 Å².